The van der Waals surface area contributed by atoms with Crippen LogP contribution in [0.4, 0.5) is 0 Å². The van der Waals surface area contributed by atoms with E-state index < -0.39 is 0 Å². The van der Waals surface area contributed by atoms with Gasteiger partial charge in [0.15, 0.2) is 0 Å². The van der Waals surface area contributed by atoms with Gasteiger partial charge in [-0.05, 0) is 49.9 Å². The minimum Gasteiger partial charge on any atom is -0.506 e. The molecule has 1 aromatic carbocycles. The van der Waals surface area contributed by atoms with Gasteiger partial charge in [-0.2, -0.15) is 5.26 Å². The van der Waals surface area contributed by atoms with Crippen LogP contribution in [0.3, 0.4) is 0 Å². The summed E-state index contributed by atoms with van der Waals surface area (Å²) in [6, 6.07) is 6.32. The Balaban J connectivity index is 2.21. The number of phenolic OH excluding ortho intramolecular Hbond substituents is 1. The van der Waals surface area contributed by atoms with E-state index in [1.807, 2.05) is 19.1 Å². The molecule has 1 atom stereocenters. The van der Waals surface area contributed by atoms with Crippen molar-refractivity contribution in [3.05, 3.63) is 28.8 Å². The van der Waals surface area contributed by atoms with Crippen LogP contribution in [0.5, 0.6) is 5.75 Å². The van der Waals surface area contributed by atoms with Gasteiger partial charge in [0.2, 0.25) is 0 Å². The van der Waals surface area contributed by atoms with Crippen LogP contribution in [-0.2, 0) is 6.42 Å². The molecule has 16 heavy (non-hydrogen) atoms. The van der Waals surface area contributed by atoms with Crippen LogP contribution in [-0.4, -0.2) is 17.7 Å². The predicted molar refractivity (Wildman–Crippen MR) is 62.3 cm³/mol. The van der Waals surface area contributed by atoms with Crippen LogP contribution in [0.15, 0.2) is 12.1 Å². The lowest BCUT2D eigenvalue weighted by molar-refractivity contribution is 0.468. The standard InChI is InChI=1S/C13H16N2O/c1-9-5-10(6-11(8-14)13(9)16)7-12-3-2-4-15-12/h5-6,12,15-16H,2-4,7H2,1H3. The number of nitrogens with one attached hydrogen (secondary N) is 1. The monoisotopic (exact) mass is 216 g/mol. The summed E-state index contributed by atoms with van der Waals surface area (Å²) in [6.45, 7) is 2.93. The highest BCUT2D eigenvalue weighted by atomic mass is 16.3. The van der Waals surface area contributed by atoms with Crippen molar-refractivity contribution in [2.45, 2.75) is 32.2 Å². The summed E-state index contributed by atoms with van der Waals surface area (Å²) < 4.78 is 0. The molecule has 1 fully saturated rings. The molecule has 2 N–H and O–H groups in total. The fraction of sp³-hybridized carbons (Fsp3) is 0.462. The van der Waals surface area contributed by atoms with Crippen LogP contribution < -0.4 is 5.32 Å². The van der Waals surface area contributed by atoms with Gasteiger partial charge in [0.25, 0.3) is 0 Å². The number of aromatic hydroxyl groups is 1. The highest BCUT2D eigenvalue weighted by Crippen LogP contribution is 2.24. The molecule has 84 valence electrons. The fourth-order valence-corrected chi connectivity index (χ4v) is 2.27. The van der Waals surface area contributed by atoms with Crippen LogP contribution in [0.25, 0.3) is 0 Å². The summed E-state index contributed by atoms with van der Waals surface area (Å²) >= 11 is 0. The molecule has 1 aliphatic heterocycles. The van der Waals surface area contributed by atoms with E-state index in [0.29, 0.717) is 11.6 Å². The second-order valence-electron chi connectivity index (χ2n) is 4.42. The van der Waals surface area contributed by atoms with Gasteiger partial charge in [-0.1, -0.05) is 6.07 Å². The zero-order chi connectivity index (χ0) is 11.5. The zero-order valence-electron chi connectivity index (χ0n) is 9.45. The van der Waals surface area contributed by atoms with Gasteiger partial charge in [0.05, 0.1) is 5.56 Å². The SMILES string of the molecule is Cc1cc(CC2CCCN2)cc(C#N)c1O. The lowest BCUT2D eigenvalue weighted by Gasteiger charge is -2.11. The number of aryl methyl sites for hydroxylation is 1. The Morgan fingerprint density at radius 3 is 3.00 bits per heavy atom. The molecule has 0 amide bonds. The Hall–Kier alpha value is -1.53. The van der Waals surface area contributed by atoms with E-state index in [9.17, 15) is 5.11 Å². The maximum Gasteiger partial charge on any atom is 0.136 e. The van der Waals surface area contributed by atoms with Gasteiger partial charge in [-0.3, -0.25) is 0 Å². The summed E-state index contributed by atoms with van der Waals surface area (Å²) in [5, 5.41) is 22.0. The molecule has 0 saturated carbocycles. The van der Waals surface area contributed by atoms with Crippen LogP contribution in [0.2, 0.25) is 0 Å². The van der Waals surface area contributed by atoms with Gasteiger partial charge < -0.3 is 10.4 Å². The number of benzene rings is 1. The number of nitrogens with zero attached hydrogens (tertiary/aromatic N) is 1. The van der Waals surface area contributed by atoms with Crippen molar-refractivity contribution in [2.24, 2.45) is 0 Å². The maximum atomic E-state index is 9.64. The van der Waals surface area contributed by atoms with E-state index >= 15 is 0 Å². The van der Waals surface area contributed by atoms with Gasteiger partial charge in [-0.25, -0.2) is 0 Å². The molecule has 1 aromatic rings. The van der Waals surface area contributed by atoms with Gasteiger partial charge in [0, 0.05) is 6.04 Å². The largest absolute Gasteiger partial charge is 0.506 e. The fourth-order valence-electron chi connectivity index (χ4n) is 2.27. The third-order valence-corrected chi connectivity index (χ3v) is 3.13. The van der Waals surface area contributed by atoms with Crippen molar-refractivity contribution in [2.75, 3.05) is 6.54 Å². The number of hydrogen-bond acceptors (Lipinski definition) is 3. The summed E-state index contributed by atoms with van der Waals surface area (Å²) in [4.78, 5) is 0. The lowest BCUT2D eigenvalue weighted by atomic mass is 9.99. The van der Waals surface area contributed by atoms with Crippen molar-refractivity contribution < 1.29 is 5.11 Å². The van der Waals surface area contributed by atoms with Crippen molar-refractivity contribution in [3.8, 4) is 11.8 Å². The number of hydrogen-bond donors (Lipinski definition) is 2. The van der Waals surface area contributed by atoms with Crippen LogP contribution in [0.1, 0.15) is 29.5 Å². The topological polar surface area (TPSA) is 56.0 Å². The summed E-state index contributed by atoms with van der Waals surface area (Å²) in [5.74, 6) is 0.116. The second-order valence-corrected chi connectivity index (χ2v) is 4.42. The van der Waals surface area contributed by atoms with Crippen LogP contribution in [0, 0.1) is 18.3 Å². The molecule has 2 rings (SSSR count). The van der Waals surface area contributed by atoms with Crippen molar-refractivity contribution >= 4 is 0 Å². The average molecular weight is 216 g/mol. The summed E-state index contributed by atoms with van der Waals surface area (Å²) in [5.41, 5.74) is 2.30. The van der Waals surface area contributed by atoms with E-state index in [4.69, 9.17) is 5.26 Å². The molecular formula is C13H16N2O. The third kappa shape index (κ3) is 2.17. The van der Waals surface area contributed by atoms with E-state index in [1.54, 1.807) is 6.07 Å². The molecular weight excluding hydrogens is 200 g/mol. The molecule has 1 aliphatic rings. The average Bonchev–Trinajstić information content (AvgIpc) is 2.76. The number of rotatable bonds is 2. The van der Waals surface area contributed by atoms with Crippen molar-refractivity contribution in [3.63, 3.8) is 0 Å². The molecule has 3 nitrogen and oxygen atoms in total. The number of nitriles is 1. The first-order valence-electron chi connectivity index (χ1n) is 5.66. The molecule has 0 radical (unpaired) electrons. The van der Waals surface area contributed by atoms with E-state index in [0.717, 1.165) is 24.1 Å². The Labute approximate surface area is 95.7 Å². The van der Waals surface area contributed by atoms with Crippen LogP contribution >= 0.6 is 0 Å². The zero-order valence-corrected chi connectivity index (χ0v) is 9.45. The van der Waals surface area contributed by atoms with E-state index in [2.05, 4.69) is 5.32 Å². The van der Waals surface area contributed by atoms with Gasteiger partial charge in [0.1, 0.15) is 11.8 Å². The Bertz CT molecular complexity index is 428. The summed E-state index contributed by atoms with van der Waals surface area (Å²) in [6.07, 6.45) is 3.37. The Morgan fingerprint density at radius 1 is 1.56 bits per heavy atom. The first-order chi connectivity index (χ1) is 7.70. The van der Waals surface area contributed by atoms with E-state index in [1.165, 1.54) is 12.8 Å². The molecule has 0 aliphatic carbocycles. The minimum atomic E-state index is 0.116. The molecule has 1 heterocycles. The maximum absolute atomic E-state index is 9.64. The minimum absolute atomic E-state index is 0.116. The van der Waals surface area contributed by atoms with Gasteiger partial charge in [-0.15, -0.1) is 0 Å². The molecule has 3 heteroatoms. The van der Waals surface area contributed by atoms with E-state index in [-0.39, 0.29) is 5.75 Å². The van der Waals surface area contributed by atoms with Crippen molar-refractivity contribution in [1.82, 2.24) is 5.32 Å². The smallest absolute Gasteiger partial charge is 0.136 e. The lowest BCUT2D eigenvalue weighted by Crippen LogP contribution is -2.23. The third-order valence-electron chi connectivity index (χ3n) is 3.13. The molecule has 0 aromatic heterocycles. The molecule has 1 unspecified atom stereocenters. The Kier molecular flexibility index (Phi) is 3.12. The first kappa shape index (κ1) is 11.0. The quantitative estimate of drug-likeness (QED) is 0.793. The summed E-state index contributed by atoms with van der Waals surface area (Å²) in [7, 11) is 0. The normalized spacial score (nSPS) is 19.6. The van der Waals surface area contributed by atoms with Gasteiger partial charge >= 0.3 is 0 Å². The highest BCUT2D eigenvalue weighted by Gasteiger charge is 2.15. The highest BCUT2D eigenvalue weighted by molar-refractivity contribution is 5.49. The second kappa shape index (κ2) is 4.54. The Morgan fingerprint density at radius 2 is 2.38 bits per heavy atom. The molecule has 0 spiro atoms. The molecule has 1 saturated heterocycles. The number of phenols is 1. The van der Waals surface area contributed by atoms with Crippen molar-refractivity contribution in [1.29, 1.82) is 5.26 Å². The first-order valence-corrected chi connectivity index (χ1v) is 5.66. The predicted octanol–water partition coefficient (Wildman–Crippen LogP) is 1.87. The molecule has 0 bridgehead atoms.